The highest BCUT2D eigenvalue weighted by molar-refractivity contribution is 5.79. The minimum atomic E-state index is 0.0240. The molecule has 2 saturated heterocycles. The van der Waals surface area contributed by atoms with Gasteiger partial charge in [-0.2, -0.15) is 0 Å². The van der Waals surface area contributed by atoms with Crippen LogP contribution in [0.1, 0.15) is 37.3 Å². The van der Waals surface area contributed by atoms with Gasteiger partial charge in [-0.15, -0.1) is 0 Å². The molecular formula is C22H32N4O3. The van der Waals surface area contributed by atoms with Gasteiger partial charge in [-0.25, -0.2) is 0 Å². The van der Waals surface area contributed by atoms with Crippen molar-refractivity contribution >= 4 is 11.8 Å². The van der Waals surface area contributed by atoms with Crippen LogP contribution in [-0.4, -0.2) is 85.5 Å². The molecule has 2 fully saturated rings. The van der Waals surface area contributed by atoms with Crippen LogP contribution in [0.5, 0.6) is 5.75 Å². The number of likely N-dealkylation sites (tertiary alicyclic amines) is 1. The number of rotatable bonds is 5. The minimum Gasteiger partial charge on any atom is -0.493 e. The van der Waals surface area contributed by atoms with E-state index in [2.05, 4.69) is 15.1 Å². The third-order valence-corrected chi connectivity index (χ3v) is 6.19. The van der Waals surface area contributed by atoms with Crippen molar-refractivity contribution in [2.75, 3.05) is 59.0 Å². The van der Waals surface area contributed by atoms with Gasteiger partial charge in [-0.05, 0) is 25.3 Å². The van der Waals surface area contributed by atoms with Gasteiger partial charge < -0.3 is 15.0 Å². The van der Waals surface area contributed by atoms with E-state index in [0.717, 1.165) is 69.8 Å². The lowest BCUT2D eigenvalue weighted by Gasteiger charge is -2.36. The van der Waals surface area contributed by atoms with Gasteiger partial charge >= 0.3 is 0 Å². The van der Waals surface area contributed by atoms with Crippen LogP contribution >= 0.6 is 0 Å². The first kappa shape index (κ1) is 20.2. The molecule has 4 rings (SSSR count). The number of nitrogens with zero attached hydrogens (tertiary/aromatic N) is 3. The third kappa shape index (κ3) is 5.28. The van der Waals surface area contributed by atoms with Crippen molar-refractivity contribution in [2.45, 2.75) is 31.7 Å². The van der Waals surface area contributed by atoms with E-state index in [1.54, 1.807) is 0 Å². The lowest BCUT2D eigenvalue weighted by molar-refractivity contribution is -0.134. The molecule has 3 aliphatic heterocycles. The highest BCUT2D eigenvalue weighted by atomic mass is 16.5. The van der Waals surface area contributed by atoms with Crippen molar-refractivity contribution in [1.29, 1.82) is 0 Å². The molecule has 0 radical (unpaired) electrons. The first-order valence-corrected chi connectivity index (χ1v) is 10.9. The van der Waals surface area contributed by atoms with Crippen LogP contribution in [0.3, 0.4) is 0 Å². The average Bonchev–Trinajstić information content (AvgIpc) is 2.76. The molecule has 2 amide bonds. The Morgan fingerprint density at radius 3 is 2.38 bits per heavy atom. The Morgan fingerprint density at radius 1 is 0.931 bits per heavy atom. The number of ether oxygens (including phenoxy) is 1. The van der Waals surface area contributed by atoms with Crippen LogP contribution in [0.15, 0.2) is 24.3 Å². The smallest absolute Gasteiger partial charge is 0.236 e. The fourth-order valence-electron chi connectivity index (χ4n) is 4.48. The molecule has 7 nitrogen and oxygen atoms in total. The molecule has 3 heterocycles. The second kappa shape index (κ2) is 9.59. The zero-order chi connectivity index (χ0) is 20.1. The molecule has 7 heteroatoms. The summed E-state index contributed by atoms with van der Waals surface area (Å²) in [5.41, 5.74) is 1.06. The second-order valence-electron chi connectivity index (χ2n) is 8.29. The summed E-state index contributed by atoms with van der Waals surface area (Å²) in [7, 11) is 0. The predicted molar refractivity (Wildman–Crippen MR) is 111 cm³/mol. The molecule has 1 aromatic rings. The average molecular weight is 401 g/mol. The number of piperidine rings is 1. The van der Waals surface area contributed by atoms with E-state index >= 15 is 0 Å². The van der Waals surface area contributed by atoms with E-state index in [1.165, 1.54) is 6.42 Å². The largest absolute Gasteiger partial charge is 0.493 e. The van der Waals surface area contributed by atoms with E-state index in [-0.39, 0.29) is 17.9 Å². The first-order chi connectivity index (χ1) is 14.2. The predicted octanol–water partition coefficient (Wildman–Crippen LogP) is 1.26. The van der Waals surface area contributed by atoms with E-state index in [0.29, 0.717) is 19.7 Å². The number of piperazine rings is 1. The number of amides is 2. The fourth-order valence-corrected chi connectivity index (χ4v) is 4.48. The maximum atomic E-state index is 12.6. The van der Waals surface area contributed by atoms with Gasteiger partial charge in [0.05, 0.1) is 25.7 Å². The number of carbonyl (C=O) groups excluding carboxylic acids is 2. The Balaban J connectivity index is 1.20. The molecule has 158 valence electrons. The van der Waals surface area contributed by atoms with E-state index in [9.17, 15) is 9.59 Å². The maximum Gasteiger partial charge on any atom is 0.236 e. The number of para-hydroxylation sites is 1. The zero-order valence-electron chi connectivity index (χ0n) is 17.1. The fraction of sp³-hybridized carbons (Fsp3) is 0.636. The standard InChI is InChI=1S/C22H32N4O3/c27-21(23-19-8-15-29-20-7-3-2-6-18(19)20)16-24-11-13-25(14-12-24)17-22(28)26-9-4-1-5-10-26/h2-3,6-7,19H,1,4-5,8-17H2,(H,23,27). The summed E-state index contributed by atoms with van der Waals surface area (Å²) in [6.07, 6.45) is 4.30. The topological polar surface area (TPSA) is 65.1 Å². The van der Waals surface area contributed by atoms with Crippen molar-refractivity contribution in [3.8, 4) is 5.75 Å². The third-order valence-electron chi connectivity index (χ3n) is 6.19. The highest BCUT2D eigenvalue weighted by Gasteiger charge is 2.26. The summed E-state index contributed by atoms with van der Waals surface area (Å²) in [5, 5.41) is 3.17. The Bertz CT molecular complexity index is 712. The Hall–Kier alpha value is -2.12. The number of carbonyl (C=O) groups is 2. The van der Waals surface area contributed by atoms with Gasteiger partial charge in [0.25, 0.3) is 0 Å². The molecule has 0 aromatic heterocycles. The Morgan fingerprint density at radius 2 is 1.62 bits per heavy atom. The van der Waals surface area contributed by atoms with Crippen molar-refractivity contribution in [2.24, 2.45) is 0 Å². The van der Waals surface area contributed by atoms with Gasteiger partial charge in [0, 0.05) is 51.3 Å². The lowest BCUT2D eigenvalue weighted by atomic mass is 10.0. The molecule has 0 bridgehead atoms. The normalized spacial score (nSPS) is 23.2. The summed E-state index contributed by atoms with van der Waals surface area (Å²) in [4.78, 5) is 31.4. The van der Waals surface area contributed by atoms with E-state index < -0.39 is 0 Å². The van der Waals surface area contributed by atoms with Gasteiger partial charge in [-0.1, -0.05) is 18.2 Å². The summed E-state index contributed by atoms with van der Waals surface area (Å²) < 4.78 is 5.67. The van der Waals surface area contributed by atoms with Crippen molar-refractivity contribution in [1.82, 2.24) is 20.0 Å². The van der Waals surface area contributed by atoms with Gasteiger partial charge in [0.15, 0.2) is 0 Å². The van der Waals surface area contributed by atoms with E-state index in [1.807, 2.05) is 29.2 Å². The van der Waals surface area contributed by atoms with Crippen LogP contribution in [0.4, 0.5) is 0 Å². The van der Waals surface area contributed by atoms with Crippen molar-refractivity contribution in [3.63, 3.8) is 0 Å². The SMILES string of the molecule is O=C(CN1CCN(CC(=O)N2CCCCC2)CC1)NC1CCOc2ccccc21. The maximum absolute atomic E-state index is 12.6. The molecule has 1 N–H and O–H groups in total. The molecule has 29 heavy (non-hydrogen) atoms. The molecule has 1 aromatic carbocycles. The van der Waals surface area contributed by atoms with Crippen LogP contribution in [0, 0.1) is 0 Å². The second-order valence-corrected chi connectivity index (χ2v) is 8.29. The molecule has 3 aliphatic rings. The quantitative estimate of drug-likeness (QED) is 0.806. The minimum absolute atomic E-state index is 0.0240. The summed E-state index contributed by atoms with van der Waals surface area (Å²) >= 11 is 0. The lowest BCUT2D eigenvalue weighted by Crippen LogP contribution is -2.52. The summed E-state index contributed by atoms with van der Waals surface area (Å²) in [6, 6.07) is 7.95. The molecule has 0 spiro atoms. The van der Waals surface area contributed by atoms with Crippen LogP contribution in [-0.2, 0) is 9.59 Å². The Labute approximate surface area is 173 Å². The number of benzene rings is 1. The van der Waals surface area contributed by atoms with Crippen LogP contribution in [0.25, 0.3) is 0 Å². The Kier molecular flexibility index (Phi) is 6.67. The van der Waals surface area contributed by atoms with Gasteiger partial charge in [0.2, 0.25) is 11.8 Å². The monoisotopic (exact) mass is 400 g/mol. The van der Waals surface area contributed by atoms with E-state index in [4.69, 9.17) is 4.74 Å². The number of hydrogen-bond acceptors (Lipinski definition) is 5. The molecule has 1 unspecified atom stereocenters. The zero-order valence-corrected chi connectivity index (χ0v) is 17.1. The molecule has 1 atom stereocenters. The van der Waals surface area contributed by atoms with Gasteiger partial charge in [-0.3, -0.25) is 19.4 Å². The number of nitrogens with one attached hydrogen (secondary N) is 1. The molecular weight excluding hydrogens is 368 g/mol. The van der Waals surface area contributed by atoms with Crippen LogP contribution < -0.4 is 10.1 Å². The van der Waals surface area contributed by atoms with Gasteiger partial charge in [0.1, 0.15) is 5.75 Å². The summed E-state index contributed by atoms with van der Waals surface area (Å²) in [6.45, 7) is 6.71. The summed E-state index contributed by atoms with van der Waals surface area (Å²) in [5.74, 6) is 1.19. The molecule has 0 saturated carbocycles. The van der Waals surface area contributed by atoms with Crippen LogP contribution in [0.2, 0.25) is 0 Å². The first-order valence-electron chi connectivity index (χ1n) is 10.9. The highest BCUT2D eigenvalue weighted by Crippen LogP contribution is 2.31. The number of hydrogen-bond donors (Lipinski definition) is 1. The van der Waals surface area contributed by atoms with Crippen molar-refractivity contribution in [3.05, 3.63) is 29.8 Å². The number of fused-ring (bicyclic) bond motifs is 1. The van der Waals surface area contributed by atoms with Crippen molar-refractivity contribution < 1.29 is 14.3 Å². The molecule has 0 aliphatic carbocycles.